The molecule has 22 heavy (non-hydrogen) atoms. The molecule has 1 heterocycles. The van der Waals surface area contributed by atoms with Crippen molar-refractivity contribution in [1.82, 2.24) is 9.97 Å². The number of hydrogen-bond acceptors (Lipinski definition) is 6. The Kier molecular flexibility index (Phi) is 5.33. The van der Waals surface area contributed by atoms with Crippen molar-refractivity contribution < 1.29 is 9.90 Å². The van der Waals surface area contributed by atoms with Gasteiger partial charge in [0.2, 0.25) is 0 Å². The minimum absolute atomic E-state index is 0.410. The molecule has 0 fully saturated rings. The van der Waals surface area contributed by atoms with Crippen molar-refractivity contribution in [3.05, 3.63) is 42.1 Å². The number of aliphatic carboxylic acids is 1. The molecule has 7 heteroatoms. The highest BCUT2D eigenvalue weighted by Gasteiger charge is 2.18. The fraction of sp³-hybridized carbons (Fsp3) is 0.200. The first-order valence-corrected chi connectivity index (χ1v) is 7.50. The summed E-state index contributed by atoms with van der Waals surface area (Å²) in [6.45, 7) is 1.81. The van der Waals surface area contributed by atoms with Gasteiger partial charge in [0.1, 0.15) is 11.1 Å². The molecule has 0 radical (unpaired) electrons. The van der Waals surface area contributed by atoms with Crippen LogP contribution < -0.4 is 5.32 Å². The first kappa shape index (κ1) is 15.8. The van der Waals surface area contributed by atoms with Gasteiger partial charge < -0.3 is 10.4 Å². The van der Waals surface area contributed by atoms with Crippen LogP contribution in [0.2, 0.25) is 0 Å². The highest BCUT2D eigenvalue weighted by molar-refractivity contribution is 8.00. The molecule has 0 aliphatic heterocycles. The van der Waals surface area contributed by atoms with E-state index in [0.29, 0.717) is 23.0 Å². The summed E-state index contributed by atoms with van der Waals surface area (Å²) in [6.07, 6.45) is 2.08. The Morgan fingerprint density at radius 1 is 1.41 bits per heavy atom. The number of aromatic nitrogens is 2. The molecule has 1 aromatic carbocycles. The standard InChI is InChI=1S/C15H14N4O2S/c1-2-12(14(20)21)22-15-17-8-7-13(19-15)18-11-5-3-10(9-16)4-6-11/h3-8,12H,2H2,1H3,(H,20,21)(H,17,18,19). The number of nitrogens with one attached hydrogen (secondary N) is 1. The van der Waals surface area contributed by atoms with E-state index in [9.17, 15) is 4.79 Å². The lowest BCUT2D eigenvalue weighted by Gasteiger charge is -2.09. The molecule has 1 aromatic heterocycles. The van der Waals surface area contributed by atoms with Crippen LogP contribution >= 0.6 is 11.8 Å². The Morgan fingerprint density at radius 2 is 2.14 bits per heavy atom. The molecule has 1 atom stereocenters. The van der Waals surface area contributed by atoms with Crippen LogP contribution in [0.5, 0.6) is 0 Å². The van der Waals surface area contributed by atoms with E-state index in [-0.39, 0.29) is 0 Å². The van der Waals surface area contributed by atoms with Gasteiger partial charge in [-0.15, -0.1) is 0 Å². The summed E-state index contributed by atoms with van der Waals surface area (Å²) >= 11 is 1.12. The first-order valence-electron chi connectivity index (χ1n) is 6.62. The average Bonchev–Trinajstić information content (AvgIpc) is 2.53. The number of hydrogen-bond donors (Lipinski definition) is 2. The number of thioether (sulfide) groups is 1. The molecule has 0 aliphatic carbocycles. The molecule has 2 aromatic rings. The Balaban J connectivity index is 2.10. The van der Waals surface area contributed by atoms with Crippen LogP contribution in [0.3, 0.4) is 0 Å². The number of carboxylic acid groups (broad SMARTS) is 1. The van der Waals surface area contributed by atoms with Gasteiger partial charge in [-0.1, -0.05) is 18.7 Å². The van der Waals surface area contributed by atoms with Gasteiger partial charge in [-0.05, 0) is 36.8 Å². The summed E-state index contributed by atoms with van der Waals surface area (Å²) in [4.78, 5) is 19.4. The number of benzene rings is 1. The zero-order chi connectivity index (χ0) is 15.9. The molecule has 0 saturated heterocycles. The van der Waals surface area contributed by atoms with Gasteiger partial charge in [-0.25, -0.2) is 9.97 Å². The maximum atomic E-state index is 11.1. The molecule has 2 N–H and O–H groups in total. The van der Waals surface area contributed by atoms with E-state index in [2.05, 4.69) is 21.4 Å². The molecule has 112 valence electrons. The number of nitriles is 1. The number of carbonyl (C=O) groups is 1. The molecule has 0 amide bonds. The number of nitrogens with zero attached hydrogens (tertiary/aromatic N) is 3. The summed E-state index contributed by atoms with van der Waals surface area (Å²) in [5, 5.41) is 20.8. The molecular formula is C15H14N4O2S. The quantitative estimate of drug-likeness (QED) is 0.624. The average molecular weight is 314 g/mol. The van der Waals surface area contributed by atoms with Crippen molar-refractivity contribution in [3.8, 4) is 6.07 Å². The molecule has 2 rings (SSSR count). The third-order valence-electron chi connectivity index (χ3n) is 2.81. The van der Waals surface area contributed by atoms with Crippen molar-refractivity contribution in [2.45, 2.75) is 23.8 Å². The summed E-state index contributed by atoms with van der Waals surface area (Å²) < 4.78 is 0. The van der Waals surface area contributed by atoms with E-state index < -0.39 is 11.2 Å². The van der Waals surface area contributed by atoms with Crippen LogP contribution in [-0.2, 0) is 4.79 Å². The normalized spacial score (nSPS) is 11.5. The highest BCUT2D eigenvalue weighted by atomic mass is 32.2. The van der Waals surface area contributed by atoms with E-state index in [4.69, 9.17) is 10.4 Å². The van der Waals surface area contributed by atoms with Crippen LogP contribution in [0.25, 0.3) is 0 Å². The highest BCUT2D eigenvalue weighted by Crippen LogP contribution is 2.24. The molecular weight excluding hydrogens is 300 g/mol. The monoisotopic (exact) mass is 314 g/mol. The van der Waals surface area contributed by atoms with E-state index in [1.54, 1.807) is 36.5 Å². The van der Waals surface area contributed by atoms with Crippen molar-refractivity contribution in [3.63, 3.8) is 0 Å². The van der Waals surface area contributed by atoms with Crippen LogP contribution in [0.4, 0.5) is 11.5 Å². The van der Waals surface area contributed by atoms with Gasteiger partial charge in [0.25, 0.3) is 0 Å². The second-order valence-corrected chi connectivity index (χ2v) is 5.56. The Labute approximate surface area is 132 Å². The predicted molar refractivity (Wildman–Crippen MR) is 84.0 cm³/mol. The van der Waals surface area contributed by atoms with Gasteiger partial charge in [-0.3, -0.25) is 4.79 Å². The minimum atomic E-state index is -0.874. The van der Waals surface area contributed by atoms with Crippen molar-refractivity contribution in [2.24, 2.45) is 0 Å². The smallest absolute Gasteiger partial charge is 0.317 e. The first-order chi connectivity index (χ1) is 10.6. The molecule has 0 bridgehead atoms. The largest absolute Gasteiger partial charge is 0.480 e. The van der Waals surface area contributed by atoms with Gasteiger partial charge >= 0.3 is 5.97 Å². The Bertz CT molecular complexity index is 697. The van der Waals surface area contributed by atoms with Gasteiger partial charge in [0.15, 0.2) is 5.16 Å². The summed E-state index contributed by atoms with van der Waals surface area (Å²) in [5.41, 5.74) is 1.37. The second-order valence-electron chi connectivity index (χ2n) is 4.39. The number of rotatable bonds is 6. The maximum Gasteiger partial charge on any atom is 0.317 e. The van der Waals surface area contributed by atoms with Crippen LogP contribution in [0.1, 0.15) is 18.9 Å². The lowest BCUT2D eigenvalue weighted by atomic mass is 10.2. The van der Waals surface area contributed by atoms with E-state index >= 15 is 0 Å². The van der Waals surface area contributed by atoms with Gasteiger partial charge in [0.05, 0.1) is 11.6 Å². The second kappa shape index (κ2) is 7.43. The van der Waals surface area contributed by atoms with Crippen LogP contribution in [-0.4, -0.2) is 26.3 Å². The predicted octanol–water partition coefficient (Wildman–Crippen LogP) is 3.05. The van der Waals surface area contributed by atoms with E-state index in [0.717, 1.165) is 17.4 Å². The van der Waals surface area contributed by atoms with E-state index in [1.165, 1.54) is 0 Å². The molecule has 0 saturated carbocycles. The maximum absolute atomic E-state index is 11.1. The van der Waals surface area contributed by atoms with Gasteiger partial charge in [-0.2, -0.15) is 5.26 Å². The molecule has 0 aliphatic rings. The fourth-order valence-electron chi connectivity index (χ4n) is 1.68. The molecule has 0 spiro atoms. The summed E-state index contributed by atoms with van der Waals surface area (Å²) in [6, 6.07) is 10.7. The lowest BCUT2D eigenvalue weighted by Crippen LogP contribution is -2.15. The fourth-order valence-corrected chi connectivity index (χ4v) is 2.47. The van der Waals surface area contributed by atoms with Gasteiger partial charge in [0, 0.05) is 11.9 Å². The number of anilines is 2. The topological polar surface area (TPSA) is 98.9 Å². The Hall–Kier alpha value is -2.59. The molecule has 1 unspecified atom stereocenters. The zero-order valence-corrected chi connectivity index (χ0v) is 12.7. The van der Waals surface area contributed by atoms with Crippen molar-refractivity contribution in [1.29, 1.82) is 5.26 Å². The third-order valence-corrected chi connectivity index (χ3v) is 4.04. The lowest BCUT2D eigenvalue weighted by molar-refractivity contribution is -0.136. The van der Waals surface area contributed by atoms with Crippen LogP contribution in [0.15, 0.2) is 41.7 Å². The van der Waals surface area contributed by atoms with Crippen molar-refractivity contribution >= 4 is 29.2 Å². The summed E-state index contributed by atoms with van der Waals surface area (Å²) in [5.74, 6) is -0.302. The minimum Gasteiger partial charge on any atom is -0.480 e. The molecule has 6 nitrogen and oxygen atoms in total. The van der Waals surface area contributed by atoms with Crippen LogP contribution in [0, 0.1) is 11.3 Å². The SMILES string of the molecule is CCC(Sc1nccc(Nc2ccc(C#N)cc2)n1)C(=O)O. The van der Waals surface area contributed by atoms with Crippen molar-refractivity contribution in [2.75, 3.05) is 5.32 Å². The zero-order valence-electron chi connectivity index (χ0n) is 11.9. The van der Waals surface area contributed by atoms with E-state index in [1.807, 2.05) is 6.92 Å². The third kappa shape index (κ3) is 4.20. The number of carboxylic acids is 1. The summed E-state index contributed by atoms with van der Waals surface area (Å²) in [7, 11) is 0. The Morgan fingerprint density at radius 3 is 2.73 bits per heavy atom.